The van der Waals surface area contributed by atoms with E-state index in [1.54, 1.807) is 6.20 Å². The molecule has 1 atom stereocenters. The molecule has 2 aromatic rings. The summed E-state index contributed by atoms with van der Waals surface area (Å²) in [4.78, 5) is 21.3. The second-order valence-electron chi connectivity index (χ2n) is 6.37. The minimum atomic E-state index is 0.183. The molecule has 2 heterocycles. The second kappa shape index (κ2) is 8.74. The number of hydrogen-bond acceptors (Lipinski definition) is 4. The standard InChI is InChI=1S/C20H26N4O/c1-2-23(15-17-7-4-3-5-8-17)20(25)16-24-12-11-22-14-19(24)18-9-6-10-21-13-18/h3-10,13,19,22H,2,11-12,14-16H2,1H3. The van der Waals surface area contributed by atoms with Gasteiger partial charge in [0.1, 0.15) is 0 Å². The third-order valence-electron chi connectivity index (χ3n) is 4.71. The molecule has 1 N–H and O–H groups in total. The molecule has 0 saturated carbocycles. The number of aromatic nitrogens is 1. The summed E-state index contributed by atoms with van der Waals surface area (Å²) in [5.74, 6) is 0.183. The molecule has 0 bridgehead atoms. The molecule has 1 amide bonds. The molecule has 1 aromatic heterocycles. The summed E-state index contributed by atoms with van der Waals surface area (Å²) in [6.45, 7) is 6.50. The Bertz CT molecular complexity index is 662. The van der Waals surface area contributed by atoms with Gasteiger partial charge in [-0.15, -0.1) is 0 Å². The topological polar surface area (TPSA) is 48.5 Å². The number of nitrogens with one attached hydrogen (secondary N) is 1. The highest BCUT2D eigenvalue weighted by atomic mass is 16.2. The Labute approximate surface area is 149 Å². The average Bonchev–Trinajstić information content (AvgIpc) is 2.68. The van der Waals surface area contributed by atoms with Gasteiger partial charge in [0, 0.05) is 51.2 Å². The van der Waals surface area contributed by atoms with Gasteiger partial charge in [0.15, 0.2) is 0 Å². The molecule has 132 valence electrons. The predicted molar refractivity (Wildman–Crippen MR) is 99.0 cm³/mol. The maximum absolute atomic E-state index is 12.9. The molecular weight excluding hydrogens is 312 g/mol. The number of carbonyl (C=O) groups is 1. The number of nitrogens with zero attached hydrogens (tertiary/aromatic N) is 3. The van der Waals surface area contributed by atoms with Crippen LogP contribution in [0.5, 0.6) is 0 Å². The average molecular weight is 338 g/mol. The van der Waals surface area contributed by atoms with E-state index in [1.807, 2.05) is 42.3 Å². The van der Waals surface area contributed by atoms with E-state index in [0.717, 1.165) is 31.7 Å². The summed E-state index contributed by atoms with van der Waals surface area (Å²) in [6.07, 6.45) is 3.69. The summed E-state index contributed by atoms with van der Waals surface area (Å²) >= 11 is 0. The highest BCUT2D eigenvalue weighted by Crippen LogP contribution is 2.21. The molecule has 0 spiro atoms. The van der Waals surface area contributed by atoms with E-state index in [9.17, 15) is 4.79 Å². The monoisotopic (exact) mass is 338 g/mol. The maximum Gasteiger partial charge on any atom is 0.237 e. The van der Waals surface area contributed by atoms with Crippen molar-refractivity contribution in [1.29, 1.82) is 0 Å². The Kier molecular flexibility index (Phi) is 6.14. The largest absolute Gasteiger partial charge is 0.338 e. The minimum absolute atomic E-state index is 0.183. The first-order valence-corrected chi connectivity index (χ1v) is 8.94. The number of likely N-dealkylation sites (N-methyl/N-ethyl adjacent to an activating group) is 1. The predicted octanol–water partition coefficient (Wildman–Crippen LogP) is 2.08. The van der Waals surface area contributed by atoms with Gasteiger partial charge in [0.05, 0.1) is 6.54 Å². The smallest absolute Gasteiger partial charge is 0.237 e. The highest BCUT2D eigenvalue weighted by Gasteiger charge is 2.27. The molecule has 5 heteroatoms. The lowest BCUT2D eigenvalue weighted by molar-refractivity contribution is -0.133. The number of hydrogen-bond donors (Lipinski definition) is 1. The molecule has 25 heavy (non-hydrogen) atoms. The first-order chi connectivity index (χ1) is 12.3. The number of piperazine rings is 1. The van der Waals surface area contributed by atoms with Gasteiger partial charge in [0.2, 0.25) is 5.91 Å². The Morgan fingerprint density at radius 2 is 2.12 bits per heavy atom. The molecule has 1 aliphatic rings. The third-order valence-corrected chi connectivity index (χ3v) is 4.71. The Hall–Kier alpha value is -2.24. The van der Waals surface area contributed by atoms with Gasteiger partial charge in [0.25, 0.3) is 0 Å². The van der Waals surface area contributed by atoms with Crippen LogP contribution in [-0.2, 0) is 11.3 Å². The molecule has 5 nitrogen and oxygen atoms in total. The van der Waals surface area contributed by atoms with E-state index in [-0.39, 0.29) is 11.9 Å². The number of pyridine rings is 1. The third kappa shape index (κ3) is 4.65. The van der Waals surface area contributed by atoms with E-state index in [2.05, 4.69) is 33.4 Å². The number of carbonyl (C=O) groups excluding carboxylic acids is 1. The van der Waals surface area contributed by atoms with Crippen LogP contribution < -0.4 is 5.32 Å². The molecule has 0 radical (unpaired) electrons. The van der Waals surface area contributed by atoms with Gasteiger partial charge in [-0.05, 0) is 24.1 Å². The van der Waals surface area contributed by atoms with Gasteiger partial charge in [-0.2, -0.15) is 0 Å². The Balaban J connectivity index is 1.66. The van der Waals surface area contributed by atoms with E-state index < -0.39 is 0 Å². The molecule has 1 saturated heterocycles. The van der Waals surface area contributed by atoms with Gasteiger partial charge in [-0.1, -0.05) is 36.4 Å². The summed E-state index contributed by atoms with van der Waals surface area (Å²) in [5.41, 5.74) is 2.33. The van der Waals surface area contributed by atoms with Crippen LogP contribution in [0, 0.1) is 0 Å². The van der Waals surface area contributed by atoms with Crippen molar-refractivity contribution in [3.8, 4) is 0 Å². The molecule has 1 aromatic carbocycles. The quantitative estimate of drug-likeness (QED) is 0.876. The van der Waals surface area contributed by atoms with Crippen molar-refractivity contribution in [3.05, 3.63) is 66.0 Å². The Morgan fingerprint density at radius 1 is 1.28 bits per heavy atom. The SMILES string of the molecule is CCN(Cc1ccccc1)C(=O)CN1CCNCC1c1cccnc1. The molecule has 1 aliphatic heterocycles. The fourth-order valence-corrected chi connectivity index (χ4v) is 3.29. The van der Waals surface area contributed by atoms with E-state index in [0.29, 0.717) is 13.1 Å². The van der Waals surface area contributed by atoms with Gasteiger partial charge in [-0.25, -0.2) is 0 Å². The zero-order valence-corrected chi connectivity index (χ0v) is 14.8. The van der Waals surface area contributed by atoms with Crippen molar-refractivity contribution < 1.29 is 4.79 Å². The van der Waals surface area contributed by atoms with Crippen LogP contribution in [0.2, 0.25) is 0 Å². The maximum atomic E-state index is 12.9. The summed E-state index contributed by atoms with van der Waals surface area (Å²) < 4.78 is 0. The van der Waals surface area contributed by atoms with Crippen LogP contribution >= 0.6 is 0 Å². The van der Waals surface area contributed by atoms with E-state index in [1.165, 1.54) is 5.56 Å². The van der Waals surface area contributed by atoms with E-state index >= 15 is 0 Å². The van der Waals surface area contributed by atoms with Crippen LogP contribution in [-0.4, -0.2) is 53.4 Å². The summed E-state index contributed by atoms with van der Waals surface area (Å²) in [6, 6.07) is 14.4. The zero-order valence-electron chi connectivity index (χ0n) is 14.8. The van der Waals surface area contributed by atoms with Gasteiger partial charge in [-0.3, -0.25) is 14.7 Å². The van der Waals surface area contributed by atoms with Crippen molar-refractivity contribution in [1.82, 2.24) is 20.1 Å². The first kappa shape index (κ1) is 17.6. The minimum Gasteiger partial charge on any atom is -0.338 e. The summed E-state index contributed by atoms with van der Waals surface area (Å²) in [7, 11) is 0. The van der Waals surface area contributed by atoms with Crippen molar-refractivity contribution in [2.75, 3.05) is 32.7 Å². The van der Waals surface area contributed by atoms with E-state index in [4.69, 9.17) is 0 Å². The molecule has 3 rings (SSSR count). The first-order valence-electron chi connectivity index (χ1n) is 8.94. The summed E-state index contributed by atoms with van der Waals surface area (Å²) in [5, 5.41) is 3.43. The second-order valence-corrected chi connectivity index (χ2v) is 6.37. The van der Waals surface area contributed by atoms with Gasteiger partial charge < -0.3 is 10.2 Å². The highest BCUT2D eigenvalue weighted by molar-refractivity contribution is 5.78. The lowest BCUT2D eigenvalue weighted by Gasteiger charge is -2.37. The van der Waals surface area contributed by atoms with Crippen molar-refractivity contribution in [2.45, 2.75) is 19.5 Å². The van der Waals surface area contributed by atoms with Crippen LogP contribution in [0.3, 0.4) is 0 Å². The van der Waals surface area contributed by atoms with Crippen molar-refractivity contribution >= 4 is 5.91 Å². The zero-order chi connectivity index (χ0) is 17.5. The van der Waals surface area contributed by atoms with Crippen molar-refractivity contribution in [2.24, 2.45) is 0 Å². The number of amides is 1. The molecule has 1 unspecified atom stereocenters. The van der Waals surface area contributed by atoms with Crippen LogP contribution in [0.25, 0.3) is 0 Å². The Morgan fingerprint density at radius 3 is 2.84 bits per heavy atom. The molecule has 0 aliphatic carbocycles. The van der Waals surface area contributed by atoms with Crippen LogP contribution in [0.4, 0.5) is 0 Å². The molecule has 1 fully saturated rings. The van der Waals surface area contributed by atoms with Crippen LogP contribution in [0.1, 0.15) is 24.1 Å². The normalized spacial score (nSPS) is 18.0. The number of benzene rings is 1. The van der Waals surface area contributed by atoms with Crippen molar-refractivity contribution in [3.63, 3.8) is 0 Å². The fraction of sp³-hybridized carbons (Fsp3) is 0.400. The fourth-order valence-electron chi connectivity index (χ4n) is 3.29. The lowest BCUT2D eigenvalue weighted by atomic mass is 10.1. The van der Waals surface area contributed by atoms with Gasteiger partial charge >= 0.3 is 0 Å². The lowest BCUT2D eigenvalue weighted by Crippen LogP contribution is -2.50. The van der Waals surface area contributed by atoms with Crippen LogP contribution in [0.15, 0.2) is 54.9 Å². The number of rotatable bonds is 6. The molecular formula is C20H26N4O.